The predicted molar refractivity (Wildman–Crippen MR) is 79.8 cm³/mol. The molecule has 118 valence electrons. The predicted octanol–water partition coefficient (Wildman–Crippen LogP) is 0.768. The molecule has 0 radical (unpaired) electrons. The number of hydrogen-bond donors (Lipinski definition) is 0. The number of carbonyl (C=O) groups is 2. The van der Waals surface area contributed by atoms with E-state index in [1.165, 1.54) is 0 Å². The number of piperazine rings is 1. The van der Waals surface area contributed by atoms with Crippen LogP contribution >= 0.6 is 0 Å². The Balaban J connectivity index is 1.60. The number of ether oxygens (including phenoxy) is 2. The van der Waals surface area contributed by atoms with Crippen molar-refractivity contribution in [2.45, 2.75) is 12.5 Å². The molecule has 1 atom stereocenters. The van der Waals surface area contributed by atoms with Gasteiger partial charge in [-0.15, -0.1) is 0 Å². The molecular weight excluding hydrogens is 284 g/mol. The zero-order chi connectivity index (χ0) is 15.5. The first kappa shape index (κ1) is 14.8. The van der Waals surface area contributed by atoms with Crippen LogP contribution in [0.5, 0.6) is 5.75 Å². The molecule has 0 bridgehead atoms. The summed E-state index contributed by atoms with van der Waals surface area (Å²) in [5.74, 6) is 0.554. The third-order valence-electron chi connectivity index (χ3n) is 4.27. The number of hydrogen-bond acceptors (Lipinski definition) is 5. The van der Waals surface area contributed by atoms with Gasteiger partial charge in [-0.1, -0.05) is 6.07 Å². The summed E-state index contributed by atoms with van der Waals surface area (Å²) in [6.45, 7) is 3.16. The van der Waals surface area contributed by atoms with Gasteiger partial charge in [0, 0.05) is 38.2 Å². The van der Waals surface area contributed by atoms with Crippen LogP contribution in [-0.2, 0) is 9.53 Å². The minimum atomic E-state index is -0.132. The van der Waals surface area contributed by atoms with Crippen LogP contribution < -0.4 is 4.74 Å². The highest BCUT2D eigenvalue weighted by Crippen LogP contribution is 2.19. The van der Waals surface area contributed by atoms with Crippen molar-refractivity contribution in [3.8, 4) is 5.75 Å². The van der Waals surface area contributed by atoms with Gasteiger partial charge in [-0.05, 0) is 18.2 Å². The average molecular weight is 304 g/mol. The molecule has 2 aliphatic rings. The molecular formula is C16H20N2O4. The molecule has 2 heterocycles. The smallest absolute Gasteiger partial charge is 0.323 e. The minimum Gasteiger partial charge on any atom is -0.497 e. The van der Waals surface area contributed by atoms with Crippen LogP contribution in [-0.4, -0.2) is 67.6 Å². The van der Waals surface area contributed by atoms with E-state index in [9.17, 15) is 9.59 Å². The zero-order valence-electron chi connectivity index (χ0n) is 12.7. The van der Waals surface area contributed by atoms with Gasteiger partial charge in [0.2, 0.25) is 0 Å². The van der Waals surface area contributed by atoms with Crippen LogP contribution in [0.15, 0.2) is 24.3 Å². The Morgan fingerprint density at radius 1 is 1.27 bits per heavy atom. The SMILES string of the molecule is COc1cccc(C(=O)N2CCN(C3CCOC3=O)CC2)c1. The molecule has 0 spiro atoms. The van der Waals surface area contributed by atoms with Crippen molar-refractivity contribution >= 4 is 11.9 Å². The standard InChI is InChI=1S/C16H20N2O4/c1-21-13-4-2-3-12(11-13)15(19)18-8-6-17(7-9-18)14-5-10-22-16(14)20/h2-4,11,14H,5-10H2,1H3. The summed E-state index contributed by atoms with van der Waals surface area (Å²) in [6, 6.07) is 7.06. The monoisotopic (exact) mass is 304 g/mol. The zero-order valence-corrected chi connectivity index (χ0v) is 12.7. The highest BCUT2D eigenvalue weighted by molar-refractivity contribution is 5.94. The van der Waals surface area contributed by atoms with Gasteiger partial charge in [0.05, 0.1) is 13.7 Å². The number of amides is 1. The molecule has 1 amide bonds. The summed E-state index contributed by atoms with van der Waals surface area (Å²) in [5.41, 5.74) is 0.632. The Morgan fingerprint density at radius 2 is 2.05 bits per heavy atom. The van der Waals surface area contributed by atoms with E-state index in [1.807, 2.05) is 17.0 Å². The second-order valence-corrected chi connectivity index (χ2v) is 5.53. The number of benzene rings is 1. The summed E-state index contributed by atoms with van der Waals surface area (Å²) in [6.07, 6.45) is 0.753. The van der Waals surface area contributed by atoms with E-state index in [-0.39, 0.29) is 17.9 Å². The maximum absolute atomic E-state index is 12.5. The second kappa shape index (κ2) is 6.36. The van der Waals surface area contributed by atoms with E-state index in [0.717, 1.165) is 6.42 Å². The van der Waals surface area contributed by atoms with E-state index in [1.54, 1.807) is 19.2 Å². The van der Waals surface area contributed by atoms with Gasteiger partial charge in [-0.3, -0.25) is 14.5 Å². The van der Waals surface area contributed by atoms with Crippen molar-refractivity contribution in [2.24, 2.45) is 0 Å². The Labute approximate surface area is 129 Å². The third kappa shape index (κ3) is 2.92. The topological polar surface area (TPSA) is 59.1 Å². The Bertz CT molecular complexity index is 567. The molecule has 6 nitrogen and oxygen atoms in total. The lowest BCUT2D eigenvalue weighted by molar-refractivity contribution is -0.142. The molecule has 1 aromatic rings. The van der Waals surface area contributed by atoms with Crippen molar-refractivity contribution in [3.63, 3.8) is 0 Å². The van der Waals surface area contributed by atoms with E-state index >= 15 is 0 Å². The van der Waals surface area contributed by atoms with E-state index in [0.29, 0.717) is 44.1 Å². The summed E-state index contributed by atoms with van der Waals surface area (Å²) in [4.78, 5) is 28.1. The second-order valence-electron chi connectivity index (χ2n) is 5.53. The molecule has 1 unspecified atom stereocenters. The average Bonchev–Trinajstić information content (AvgIpc) is 3.00. The molecule has 0 N–H and O–H groups in total. The molecule has 22 heavy (non-hydrogen) atoms. The van der Waals surface area contributed by atoms with Crippen molar-refractivity contribution in [1.82, 2.24) is 9.80 Å². The molecule has 6 heteroatoms. The molecule has 2 aliphatic heterocycles. The van der Waals surface area contributed by atoms with Gasteiger partial charge in [-0.2, -0.15) is 0 Å². The fraction of sp³-hybridized carbons (Fsp3) is 0.500. The Kier molecular flexibility index (Phi) is 4.29. The molecule has 2 fully saturated rings. The third-order valence-corrected chi connectivity index (χ3v) is 4.27. The normalized spacial score (nSPS) is 22.5. The number of methoxy groups -OCH3 is 1. The lowest BCUT2D eigenvalue weighted by atomic mass is 10.1. The number of rotatable bonds is 3. The highest BCUT2D eigenvalue weighted by Gasteiger charge is 2.34. The van der Waals surface area contributed by atoms with Crippen molar-refractivity contribution in [3.05, 3.63) is 29.8 Å². The quantitative estimate of drug-likeness (QED) is 0.772. The molecule has 2 saturated heterocycles. The first-order chi connectivity index (χ1) is 10.7. The number of esters is 1. The maximum atomic E-state index is 12.5. The van der Waals surface area contributed by atoms with E-state index < -0.39 is 0 Å². The first-order valence-corrected chi connectivity index (χ1v) is 7.53. The largest absolute Gasteiger partial charge is 0.497 e. The lowest BCUT2D eigenvalue weighted by Crippen LogP contribution is -2.53. The van der Waals surface area contributed by atoms with Crippen LogP contribution in [0.2, 0.25) is 0 Å². The van der Waals surface area contributed by atoms with Crippen LogP contribution in [0.3, 0.4) is 0 Å². The maximum Gasteiger partial charge on any atom is 0.323 e. The number of nitrogens with zero attached hydrogens (tertiary/aromatic N) is 2. The molecule has 0 saturated carbocycles. The summed E-state index contributed by atoms with van der Waals surface area (Å²) in [5, 5.41) is 0. The van der Waals surface area contributed by atoms with E-state index in [2.05, 4.69) is 4.90 Å². The summed E-state index contributed by atoms with van der Waals surface area (Å²) < 4.78 is 10.2. The van der Waals surface area contributed by atoms with Crippen LogP contribution in [0.1, 0.15) is 16.8 Å². The van der Waals surface area contributed by atoms with Crippen molar-refractivity contribution < 1.29 is 19.1 Å². The summed E-state index contributed by atoms with van der Waals surface area (Å²) in [7, 11) is 1.59. The molecule has 0 aliphatic carbocycles. The Morgan fingerprint density at radius 3 is 2.68 bits per heavy atom. The lowest BCUT2D eigenvalue weighted by Gasteiger charge is -2.36. The van der Waals surface area contributed by atoms with Gasteiger partial charge in [0.25, 0.3) is 5.91 Å². The van der Waals surface area contributed by atoms with Crippen LogP contribution in [0.25, 0.3) is 0 Å². The minimum absolute atomic E-state index is 0.00699. The van der Waals surface area contributed by atoms with Gasteiger partial charge in [0.1, 0.15) is 11.8 Å². The van der Waals surface area contributed by atoms with Gasteiger partial charge >= 0.3 is 5.97 Å². The fourth-order valence-electron chi connectivity index (χ4n) is 2.99. The fourth-order valence-corrected chi connectivity index (χ4v) is 2.99. The molecule has 0 aromatic heterocycles. The Hall–Kier alpha value is -2.08. The van der Waals surface area contributed by atoms with Gasteiger partial charge in [-0.25, -0.2) is 0 Å². The first-order valence-electron chi connectivity index (χ1n) is 7.53. The van der Waals surface area contributed by atoms with Crippen LogP contribution in [0.4, 0.5) is 0 Å². The number of carbonyl (C=O) groups excluding carboxylic acids is 2. The highest BCUT2D eigenvalue weighted by atomic mass is 16.5. The van der Waals surface area contributed by atoms with E-state index in [4.69, 9.17) is 9.47 Å². The molecule has 1 aromatic carbocycles. The summed E-state index contributed by atoms with van der Waals surface area (Å²) >= 11 is 0. The van der Waals surface area contributed by atoms with Gasteiger partial charge < -0.3 is 14.4 Å². The van der Waals surface area contributed by atoms with Crippen LogP contribution in [0, 0.1) is 0 Å². The molecule has 3 rings (SSSR count). The van der Waals surface area contributed by atoms with Crippen molar-refractivity contribution in [1.29, 1.82) is 0 Å². The number of cyclic esters (lactones) is 1. The van der Waals surface area contributed by atoms with Gasteiger partial charge in [0.15, 0.2) is 0 Å². The van der Waals surface area contributed by atoms with Crippen molar-refractivity contribution in [2.75, 3.05) is 39.9 Å².